The van der Waals surface area contributed by atoms with Crippen molar-refractivity contribution in [3.63, 3.8) is 0 Å². The van der Waals surface area contributed by atoms with Gasteiger partial charge in [-0.3, -0.25) is 4.90 Å². The molecule has 6 heteroatoms. The lowest BCUT2D eigenvalue weighted by Gasteiger charge is -2.34. The standard InChI is InChI=1S/C17H26ClN3O2/c1-12-9-13(2)16(15(18)10-12)20-17(23)19-6-8-21-7-4-3-5-14(21)11-22/h9-10,14,22H,3-8,11H2,1-2H3,(H2,19,20,23)/t14-/m1/s1. The molecule has 0 spiro atoms. The Hall–Kier alpha value is -1.30. The molecule has 2 amide bonds. The van der Waals surface area contributed by atoms with Crippen LogP contribution in [0.5, 0.6) is 0 Å². The SMILES string of the molecule is Cc1cc(C)c(NC(=O)NCCN2CCCC[C@@H]2CO)c(Cl)c1. The Morgan fingerprint density at radius 3 is 2.87 bits per heavy atom. The molecular weight excluding hydrogens is 314 g/mol. The molecule has 1 aliphatic heterocycles. The molecule has 1 aromatic rings. The summed E-state index contributed by atoms with van der Waals surface area (Å²) >= 11 is 6.19. The molecule has 0 radical (unpaired) electrons. The molecule has 2 rings (SSSR count). The van der Waals surface area contributed by atoms with E-state index >= 15 is 0 Å². The van der Waals surface area contributed by atoms with Gasteiger partial charge in [0.25, 0.3) is 0 Å². The highest BCUT2D eigenvalue weighted by Crippen LogP contribution is 2.27. The van der Waals surface area contributed by atoms with Gasteiger partial charge in [-0.05, 0) is 50.4 Å². The second-order valence-electron chi connectivity index (χ2n) is 6.19. The fraction of sp³-hybridized carbons (Fsp3) is 0.588. The third-order valence-corrected chi connectivity index (χ3v) is 4.61. The highest BCUT2D eigenvalue weighted by Gasteiger charge is 2.21. The van der Waals surface area contributed by atoms with Crippen LogP contribution in [0.3, 0.4) is 0 Å². The number of carbonyl (C=O) groups excluding carboxylic acids is 1. The predicted molar refractivity (Wildman–Crippen MR) is 94.2 cm³/mol. The van der Waals surface area contributed by atoms with Crippen molar-refractivity contribution in [2.24, 2.45) is 0 Å². The molecule has 1 aliphatic rings. The third-order valence-electron chi connectivity index (χ3n) is 4.31. The van der Waals surface area contributed by atoms with Gasteiger partial charge in [-0.1, -0.05) is 24.1 Å². The number of amides is 2. The number of halogens is 1. The van der Waals surface area contributed by atoms with E-state index in [9.17, 15) is 9.90 Å². The van der Waals surface area contributed by atoms with Gasteiger partial charge in [-0.15, -0.1) is 0 Å². The monoisotopic (exact) mass is 339 g/mol. The molecule has 128 valence electrons. The minimum atomic E-state index is -0.253. The Morgan fingerprint density at radius 2 is 2.17 bits per heavy atom. The molecule has 0 aromatic heterocycles. The Labute approximate surface area is 143 Å². The number of piperidine rings is 1. The number of aliphatic hydroxyl groups excluding tert-OH is 1. The van der Waals surface area contributed by atoms with Gasteiger partial charge in [0.2, 0.25) is 0 Å². The molecule has 0 bridgehead atoms. The highest BCUT2D eigenvalue weighted by molar-refractivity contribution is 6.34. The van der Waals surface area contributed by atoms with Gasteiger partial charge in [-0.2, -0.15) is 0 Å². The number of hydrogen-bond acceptors (Lipinski definition) is 3. The summed E-state index contributed by atoms with van der Waals surface area (Å²) in [6.45, 7) is 6.36. The Morgan fingerprint density at radius 1 is 1.39 bits per heavy atom. The molecule has 1 fully saturated rings. The fourth-order valence-electron chi connectivity index (χ4n) is 3.11. The van der Waals surface area contributed by atoms with Crippen LogP contribution in [-0.4, -0.2) is 48.3 Å². The molecule has 1 aromatic carbocycles. The third kappa shape index (κ3) is 5.09. The Bertz CT molecular complexity index is 528. The summed E-state index contributed by atoms with van der Waals surface area (Å²) in [4.78, 5) is 14.3. The molecule has 0 saturated carbocycles. The number of hydrogen-bond donors (Lipinski definition) is 3. The van der Waals surface area contributed by atoms with Crippen LogP contribution in [0.15, 0.2) is 12.1 Å². The van der Waals surface area contributed by atoms with Crippen molar-refractivity contribution in [3.05, 3.63) is 28.3 Å². The average Bonchev–Trinajstić information content (AvgIpc) is 2.51. The van der Waals surface area contributed by atoms with Crippen LogP contribution >= 0.6 is 11.6 Å². The first kappa shape index (κ1) is 18.0. The zero-order valence-electron chi connectivity index (χ0n) is 13.9. The van der Waals surface area contributed by atoms with E-state index in [0.717, 1.165) is 37.1 Å². The summed E-state index contributed by atoms with van der Waals surface area (Å²) in [7, 11) is 0. The van der Waals surface area contributed by atoms with Gasteiger partial charge in [0.05, 0.1) is 17.3 Å². The minimum Gasteiger partial charge on any atom is -0.395 e. The first-order valence-electron chi connectivity index (χ1n) is 8.17. The number of nitrogens with zero attached hydrogens (tertiary/aromatic N) is 1. The maximum atomic E-state index is 12.0. The number of likely N-dealkylation sites (tertiary alicyclic amines) is 1. The topological polar surface area (TPSA) is 64.6 Å². The van der Waals surface area contributed by atoms with Crippen LogP contribution in [0, 0.1) is 13.8 Å². The summed E-state index contributed by atoms with van der Waals surface area (Å²) < 4.78 is 0. The molecular formula is C17H26ClN3O2. The zero-order valence-corrected chi connectivity index (χ0v) is 14.6. The van der Waals surface area contributed by atoms with Crippen LogP contribution in [0.25, 0.3) is 0 Å². The van der Waals surface area contributed by atoms with E-state index in [1.54, 1.807) is 0 Å². The van der Waals surface area contributed by atoms with Crippen molar-refractivity contribution in [3.8, 4) is 0 Å². The summed E-state index contributed by atoms with van der Waals surface area (Å²) in [5.41, 5.74) is 2.67. The lowest BCUT2D eigenvalue weighted by molar-refractivity contribution is 0.0917. The number of benzene rings is 1. The van der Waals surface area contributed by atoms with E-state index in [-0.39, 0.29) is 18.7 Å². The van der Waals surface area contributed by atoms with E-state index in [1.807, 2.05) is 26.0 Å². The van der Waals surface area contributed by atoms with Crippen LogP contribution in [0.1, 0.15) is 30.4 Å². The molecule has 1 heterocycles. The second-order valence-corrected chi connectivity index (χ2v) is 6.59. The lowest BCUT2D eigenvalue weighted by Crippen LogP contribution is -2.46. The largest absolute Gasteiger partial charge is 0.395 e. The summed E-state index contributed by atoms with van der Waals surface area (Å²) in [6, 6.07) is 3.80. The molecule has 1 saturated heterocycles. The van der Waals surface area contributed by atoms with Crippen LogP contribution < -0.4 is 10.6 Å². The first-order valence-corrected chi connectivity index (χ1v) is 8.55. The molecule has 0 aliphatic carbocycles. The van der Waals surface area contributed by atoms with Crippen molar-refractivity contribution in [2.45, 2.75) is 39.2 Å². The van der Waals surface area contributed by atoms with E-state index in [2.05, 4.69) is 15.5 Å². The van der Waals surface area contributed by atoms with Gasteiger partial charge >= 0.3 is 6.03 Å². The Balaban J connectivity index is 1.81. The second kappa shape index (κ2) is 8.52. The Kier molecular flexibility index (Phi) is 6.69. The normalized spacial score (nSPS) is 18.7. The van der Waals surface area contributed by atoms with Gasteiger partial charge < -0.3 is 15.7 Å². The predicted octanol–water partition coefficient (Wildman–Crippen LogP) is 2.93. The molecule has 1 atom stereocenters. The van der Waals surface area contributed by atoms with Crippen LogP contribution in [0.4, 0.5) is 10.5 Å². The van der Waals surface area contributed by atoms with E-state index in [0.29, 0.717) is 17.3 Å². The minimum absolute atomic E-state index is 0.185. The number of rotatable bonds is 5. The quantitative estimate of drug-likeness (QED) is 0.772. The van der Waals surface area contributed by atoms with Crippen LogP contribution in [-0.2, 0) is 0 Å². The van der Waals surface area contributed by atoms with Crippen molar-refractivity contribution in [1.82, 2.24) is 10.2 Å². The smallest absolute Gasteiger partial charge is 0.319 e. The zero-order chi connectivity index (χ0) is 16.8. The lowest BCUT2D eigenvalue weighted by atomic mass is 10.0. The summed E-state index contributed by atoms with van der Waals surface area (Å²) in [5, 5.41) is 15.6. The number of anilines is 1. The van der Waals surface area contributed by atoms with Gasteiger partial charge in [-0.25, -0.2) is 4.79 Å². The highest BCUT2D eigenvalue weighted by atomic mass is 35.5. The van der Waals surface area contributed by atoms with E-state index < -0.39 is 0 Å². The maximum Gasteiger partial charge on any atom is 0.319 e. The molecule has 23 heavy (non-hydrogen) atoms. The van der Waals surface area contributed by atoms with Crippen molar-refractivity contribution < 1.29 is 9.90 Å². The number of carbonyl (C=O) groups is 1. The summed E-state index contributed by atoms with van der Waals surface area (Å²) in [5.74, 6) is 0. The van der Waals surface area contributed by atoms with Crippen molar-refractivity contribution >= 4 is 23.3 Å². The fourth-order valence-corrected chi connectivity index (χ4v) is 3.47. The molecule has 0 unspecified atom stereocenters. The first-order chi connectivity index (χ1) is 11.0. The van der Waals surface area contributed by atoms with E-state index in [4.69, 9.17) is 11.6 Å². The molecule has 5 nitrogen and oxygen atoms in total. The van der Waals surface area contributed by atoms with Gasteiger partial charge in [0.1, 0.15) is 0 Å². The average molecular weight is 340 g/mol. The number of urea groups is 1. The van der Waals surface area contributed by atoms with Crippen molar-refractivity contribution in [1.29, 1.82) is 0 Å². The molecule has 3 N–H and O–H groups in total. The maximum absolute atomic E-state index is 12.0. The van der Waals surface area contributed by atoms with Gasteiger partial charge in [0, 0.05) is 19.1 Å². The number of nitrogens with one attached hydrogen (secondary N) is 2. The summed E-state index contributed by atoms with van der Waals surface area (Å²) in [6.07, 6.45) is 3.35. The van der Waals surface area contributed by atoms with Crippen molar-refractivity contribution in [2.75, 3.05) is 31.6 Å². The van der Waals surface area contributed by atoms with Crippen LogP contribution in [0.2, 0.25) is 5.02 Å². The number of aliphatic hydroxyl groups is 1. The van der Waals surface area contributed by atoms with E-state index in [1.165, 1.54) is 6.42 Å². The number of aryl methyl sites for hydroxylation is 2. The van der Waals surface area contributed by atoms with Gasteiger partial charge in [0.15, 0.2) is 0 Å².